The summed E-state index contributed by atoms with van der Waals surface area (Å²) in [7, 11) is 0. The van der Waals surface area contributed by atoms with Gasteiger partial charge in [-0.05, 0) is 50.9 Å². The first-order chi connectivity index (χ1) is 13.5. The molecule has 0 aromatic carbocycles. The molecule has 7 nitrogen and oxygen atoms in total. The number of hydrogen-bond acceptors (Lipinski definition) is 4. The predicted octanol–water partition coefficient (Wildman–Crippen LogP) is 1.26. The third-order valence-electron chi connectivity index (χ3n) is 6.75. The summed E-state index contributed by atoms with van der Waals surface area (Å²) >= 11 is 0. The Kier molecular flexibility index (Phi) is 7.32. The molecule has 2 unspecified atom stereocenters. The van der Waals surface area contributed by atoms with E-state index in [2.05, 4.69) is 12.2 Å². The number of nitrogens with zero attached hydrogens (tertiary/aromatic N) is 2. The van der Waals surface area contributed by atoms with E-state index in [9.17, 15) is 14.4 Å². The van der Waals surface area contributed by atoms with Gasteiger partial charge in [0.25, 0.3) is 0 Å². The van der Waals surface area contributed by atoms with Gasteiger partial charge in [-0.3, -0.25) is 14.4 Å². The molecule has 0 radical (unpaired) electrons. The van der Waals surface area contributed by atoms with Crippen molar-refractivity contribution in [3.8, 4) is 0 Å². The fraction of sp³-hybridized carbons (Fsp3) is 0.857. The third-order valence-corrected chi connectivity index (χ3v) is 6.75. The molecule has 158 valence electrons. The first kappa shape index (κ1) is 21.1. The van der Waals surface area contributed by atoms with E-state index in [0.29, 0.717) is 38.5 Å². The first-order valence-electron chi connectivity index (χ1n) is 11.1. The molecular weight excluding hydrogens is 356 g/mol. The summed E-state index contributed by atoms with van der Waals surface area (Å²) in [6.07, 6.45) is 8.08. The highest BCUT2D eigenvalue weighted by Gasteiger charge is 2.41. The van der Waals surface area contributed by atoms with Gasteiger partial charge in [-0.2, -0.15) is 0 Å². The van der Waals surface area contributed by atoms with Crippen LogP contribution in [0.2, 0.25) is 0 Å². The number of nitrogens with two attached hydrogens (primary N) is 1. The van der Waals surface area contributed by atoms with Gasteiger partial charge in [-0.25, -0.2) is 0 Å². The third kappa shape index (κ3) is 5.04. The predicted molar refractivity (Wildman–Crippen MR) is 107 cm³/mol. The second kappa shape index (κ2) is 9.72. The van der Waals surface area contributed by atoms with Crippen molar-refractivity contribution >= 4 is 17.7 Å². The summed E-state index contributed by atoms with van der Waals surface area (Å²) in [4.78, 5) is 41.5. The quantitative estimate of drug-likeness (QED) is 0.711. The average Bonchev–Trinajstić information content (AvgIpc) is 3.08. The van der Waals surface area contributed by atoms with Crippen LogP contribution < -0.4 is 11.1 Å². The van der Waals surface area contributed by atoms with Crippen LogP contribution >= 0.6 is 0 Å². The highest BCUT2D eigenvalue weighted by molar-refractivity contribution is 5.89. The molecule has 3 amide bonds. The number of likely N-dealkylation sites (tertiary alicyclic amines) is 2. The van der Waals surface area contributed by atoms with Gasteiger partial charge in [0.1, 0.15) is 0 Å². The van der Waals surface area contributed by atoms with Crippen molar-refractivity contribution in [1.29, 1.82) is 0 Å². The molecule has 7 heteroatoms. The number of nitrogens with one attached hydrogen (secondary N) is 1. The van der Waals surface area contributed by atoms with Gasteiger partial charge in [-0.15, -0.1) is 0 Å². The zero-order valence-corrected chi connectivity index (χ0v) is 17.2. The SMILES string of the molecule is CC1CCC(N2CC(C(=O)N3CCCCC3CNC(=O)CCN)CC2=O)CC1. The van der Waals surface area contributed by atoms with E-state index in [0.717, 1.165) is 44.6 Å². The van der Waals surface area contributed by atoms with Crippen molar-refractivity contribution in [2.75, 3.05) is 26.2 Å². The van der Waals surface area contributed by atoms with E-state index in [4.69, 9.17) is 5.73 Å². The van der Waals surface area contributed by atoms with Crippen LogP contribution in [0.5, 0.6) is 0 Å². The number of hydrogen-bond donors (Lipinski definition) is 2. The lowest BCUT2D eigenvalue weighted by atomic mass is 9.86. The lowest BCUT2D eigenvalue weighted by Crippen LogP contribution is -2.51. The van der Waals surface area contributed by atoms with Crippen LogP contribution in [0, 0.1) is 11.8 Å². The summed E-state index contributed by atoms with van der Waals surface area (Å²) in [5, 5.41) is 2.91. The van der Waals surface area contributed by atoms with E-state index < -0.39 is 0 Å². The minimum Gasteiger partial charge on any atom is -0.354 e. The summed E-state index contributed by atoms with van der Waals surface area (Å²) < 4.78 is 0. The number of piperidine rings is 1. The molecule has 3 N–H and O–H groups in total. The molecule has 2 heterocycles. The van der Waals surface area contributed by atoms with Crippen LogP contribution in [-0.4, -0.2) is 65.8 Å². The monoisotopic (exact) mass is 392 g/mol. The first-order valence-corrected chi connectivity index (χ1v) is 11.1. The van der Waals surface area contributed by atoms with Gasteiger partial charge in [0.2, 0.25) is 17.7 Å². The van der Waals surface area contributed by atoms with Crippen LogP contribution in [0.15, 0.2) is 0 Å². The molecule has 28 heavy (non-hydrogen) atoms. The fourth-order valence-electron chi connectivity index (χ4n) is 4.99. The number of amides is 3. The minimum atomic E-state index is -0.229. The zero-order valence-electron chi connectivity index (χ0n) is 17.2. The lowest BCUT2D eigenvalue weighted by Gasteiger charge is -2.38. The van der Waals surface area contributed by atoms with Crippen LogP contribution in [0.3, 0.4) is 0 Å². The van der Waals surface area contributed by atoms with E-state index >= 15 is 0 Å². The molecule has 2 atom stereocenters. The largest absolute Gasteiger partial charge is 0.354 e. The molecule has 0 aromatic heterocycles. The van der Waals surface area contributed by atoms with Crippen molar-refractivity contribution in [2.45, 2.75) is 76.8 Å². The van der Waals surface area contributed by atoms with Crippen LogP contribution in [0.25, 0.3) is 0 Å². The fourth-order valence-corrected chi connectivity index (χ4v) is 4.99. The van der Waals surface area contributed by atoms with Crippen LogP contribution in [0.4, 0.5) is 0 Å². The molecule has 1 aliphatic carbocycles. The second-order valence-corrected chi connectivity index (χ2v) is 8.88. The Labute approximate surface area is 168 Å². The maximum absolute atomic E-state index is 13.2. The normalized spacial score (nSPS) is 31.1. The smallest absolute Gasteiger partial charge is 0.228 e. The van der Waals surface area contributed by atoms with E-state index in [1.807, 2.05) is 9.80 Å². The van der Waals surface area contributed by atoms with E-state index in [1.165, 1.54) is 12.8 Å². The van der Waals surface area contributed by atoms with Crippen molar-refractivity contribution < 1.29 is 14.4 Å². The Morgan fingerprint density at radius 3 is 2.61 bits per heavy atom. The minimum absolute atomic E-state index is 0.0302. The topological polar surface area (TPSA) is 95.7 Å². The Morgan fingerprint density at radius 2 is 1.89 bits per heavy atom. The number of carbonyl (C=O) groups excluding carboxylic acids is 3. The number of rotatable bonds is 6. The van der Waals surface area contributed by atoms with Crippen molar-refractivity contribution in [3.63, 3.8) is 0 Å². The summed E-state index contributed by atoms with van der Waals surface area (Å²) in [6.45, 7) is 4.38. The molecule has 3 aliphatic rings. The molecule has 0 aromatic rings. The second-order valence-electron chi connectivity index (χ2n) is 8.88. The van der Waals surface area contributed by atoms with Crippen LogP contribution in [-0.2, 0) is 14.4 Å². The Hall–Kier alpha value is -1.63. The molecule has 3 fully saturated rings. The van der Waals surface area contributed by atoms with Gasteiger partial charge < -0.3 is 20.9 Å². The van der Waals surface area contributed by atoms with Crippen molar-refractivity contribution in [3.05, 3.63) is 0 Å². The maximum Gasteiger partial charge on any atom is 0.228 e. The standard InChI is InChI=1S/C21H36N4O3/c1-15-5-7-17(8-6-15)25-14-16(12-20(25)27)21(28)24-11-3-2-4-18(24)13-23-19(26)9-10-22/h15-18H,2-14,22H2,1H3,(H,23,26). The van der Waals surface area contributed by atoms with E-state index in [-0.39, 0.29) is 29.7 Å². The number of carbonyl (C=O) groups is 3. The molecule has 0 bridgehead atoms. The highest BCUT2D eigenvalue weighted by atomic mass is 16.2. The van der Waals surface area contributed by atoms with Crippen LogP contribution in [0.1, 0.15) is 64.7 Å². The van der Waals surface area contributed by atoms with Crippen molar-refractivity contribution in [1.82, 2.24) is 15.1 Å². The zero-order chi connectivity index (χ0) is 20.1. The van der Waals surface area contributed by atoms with E-state index in [1.54, 1.807) is 0 Å². The van der Waals surface area contributed by atoms with Crippen molar-refractivity contribution in [2.24, 2.45) is 17.6 Å². The lowest BCUT2D eigenvalue weighted by molar-refractivity contribution is -0.139. The Bertz CT molecular complexity index is 574. The molecule has 2 aliphatic heterocycles. The summed E-state index contributed by atoms with van der Waals surface area (Å²) in [5.74, 6) is 0.692. The molecule has 0 spiro atoms. The van der Waals surface area contributed by atoms with Gasteiger partial charge in [0, 0.05) is 51.1 Å². The molecule has 2 saturated heterocycles. The highest BCUT2D eigenvalue weighted by Crippen LogP contribution is 2.32. The summed E-state index contributed by atoms with van der Waals surface area (Å²) in [5.41, 5.74) is 5.43. The maximum atomic E-state index is 13.2. The van der Waals surface area contributed by atoms with Gasteiger partial charge in [-0.1, -0.05) is 6.92 Å². The summed E-state index contributed by atoms with van der Waals surface area (Å²) in [6, 6.07) is 0.344. The molecule has 1 saturated carbocycles. The average molecular weight is 393 g/mol. The van der Waals surface area contributed by atoms with Gasteiger partial charge in [0.15, 0.2) is 0 Å². The Balaban J connectivity index is 1.57. The Morgan fingerprint density at radius 1 is 1.14 bits per heavy atom. The van der Waals surface area contributed by atoms with Gasteiger partial charge >= 0.3 is 0 Å². The molecular formula is C21H36N4O3. The molecule has 3 rings (SSSR count). The van der Waals surface area contributed by atoms with Gasteiger partial charge in [0.05, 0.1) is 5.92 Å².